The molecule has 3 nitrogen and oxygen atoms in total. The van der Waals surface area contributed by atoms with Crippen molar-refractivity contribution in [3.63, 3.8) is 0 Å². The van der Waals surface area contributed by atoms with Crippen LogP contribution in [0.1, 0.15) is 23.0 Å². The van der Waals surface area contributed by atoms with Gasteiger partial charge in [0.1, 0.15) is 17.1 Å². The fraction of sp³-hybridized carbons (Fsp3) is 0.150. The Kier molecular flexibility index (Phi) is 4.29. The van der Waals surface area contributed by atoms with Crippen molar-refractivity contribution in [2.45, 2.75) is 13.8 Å². The fourth-order valence-corrected chi connectivity index (χ4v) is 2.67. The van der Waals surface area contributed by atoms with Crippen LogP contribution in [-0.4, -0.2) is 12.6 Å². The average molecular weight is 306 g/mol. The minimum absolute atomic E-state index is 0.332. The van der Waals surface area contributed by atoms with E-state index in [4.69, 9.17) is 9.15 Å². The van der Waals surface area contributed by atoms with Crippen molar-refractivity contribution >= 4 is 5.97 Å². The van der Waals surface area contributed by atoms with Crippen molar-refractivity contribution in [3.8, 4) is 22.5 Å². The molecule has 3 heteroatoms. The molecule has 0 radical (unpaired) electrons. The molecule has 116 valence electrons. The maximum Gasteiger partial charge on any atom is 0.342 e. The van der Waals surface area contributed by atoms with Crippen LogP contribution in [0.25, 0.3) is 22.5 Å². The molecule has 0 saturated heterocycles. The first kappa shape index (κ1) is 15.1. The molecule has 0 amide bonds. The Labute approximate surface area is 135 Å². The van der Waals surface area contributed by atoms with E-state index in [1.807, 2.05) is 60.7 Å². The van der Waals surface area contributed by atoms with E-state index in [0.717, 1.165) is 16.7 Å². The average Bonchev–Trinajstić information content (AvgIpc) is 2.94. The number of hydrogen-bond acceptors (Lipinski definition) is 3. The second-order valence-electron chi connectivity index (χ2n) is 5.19. The highest BCUT2D eigenvalue weighted by molar-refractivity contribution is 6.02. The van der Waals surface area contributed by atoms with Gasteiger partial charge in [-0.1, -0.05) is 60.7 Å². The minimum Gasteiger partial charge on any atom is -0.462 e. The van der Waals surface area contributed by atoms with Crippen molar-refractivity contribution in [3.05, 3.63) is 72.0 Å². The van der Waals surface area contributed by atoms with E-state index in [1.54, 1.807) is 13.8 Å². The molecule has 1 heterocycles. The third-order valence-electron chi connectivity index (χ3n) is 3.66. The number of esters is 1. The zero-order valence-electron chi connectivity index (χ0n) is 13.2. The van der Waals surface area contributed by atoms with E-state index >= 15 is 0 Å². The van der Waals surface area contributed by atoms with Gasteiger partial charge in [0.2, 0.25) is 0 Å². The highest BCUT2D eigenvalue weighted by Gasteiger charge is 2.26. The molecule has 3 rings (SSSR count). The zero-order valence-corrected chi connectivity index (χ0v) is 13.2. The molecule has 0 aliphatic heterocycles. The molecule has 0 atom stereocenters. The number of carbonyl (C=O) groups excluding carboxylic acids is 1. The highest BCUT2D eigenvalue weighted by atomic mass is 16.5. The Morgan fingerprint density at radius 2 is 1.52 bits per heavy atom. The summed E-state index contributed by atoms with van der Waals surface area (Å²) in [6.45, 7) is 3.93. The monoisotopic (exact) mass is 306 g/mol. The normalized spacial score (nSPS) is 10.5. The van der Waals surface area contributed by atoms with Crippen LogP contribution in [0.3, 0.4) is 0 Å². The number of furan rings is 1. The summed E-state index contributed by atoms with van der Waals surface area (Å²) < 4.78 is 11.2. The fourth-order valence-electron chi connectivity index (χ4n) is 2.67. The quantitative estimate of drug-likeness (QED) is 0.630. The van der Waals surface area contributed by atoms with Crippen LogP contribution in [0.4, 0.5) is 0 Å². The van der Waals surface area contributed by atoms with Crippen molar-refractivity contribution in [2.75, 3.05) is 6.61 Å². The van der Waals surface area contributed by atoms with Gasteiger partial charge >= 0.3 is 5.97 Å². The van der Waals surface area contributed by atoms with E-state index < -0.39 is 0 Å². The predicted octanol–water partition coefficient (Wildman–Crippen LogP) is 5.10. The van der Waals surface area contributed by atoms with E-state index in [0.29, 0.717) is 23.7 Å². The highest BCUT2D eigenvalue weighted by Crippen LogP contribution is 2.39. The second-order valence-corrected chi connectivity index (χ2v) is 5.19. The molecule has 0 N–H and O–H groups in total. The summed E-state index contributed by atoms with van der Waals surface area (Å²) in [6, 6.07) is 19.6. The van der Waals surface area contributed by atoms with Crippen molar-refractivity contribution in [2.24, 2.45) is 0 Å². The van der Waals surface area contributed by atoms with Crippen LogP contribution in [0.15, 0.2) is 65.1 Å². The van der Waals surface area contributed by atoms with Gasteiger partial charge in [0.25, 0.3) is 0 Å². The number of ether oxygens (including phenoxy) is 1. The van der Waals surface area contributed by atoms with E-state index in [1.165, 1.54) is 0 Å². The lowest BCUT2D eigenvalue weighted by atomic mass is 9.97. The molecule has 0 bridgehead atoms. The smallest absolute Gasteiger partial charge is 0.342 e. The molecule has 23 heavy (non-hydrogen) atoms. The van der Waals surface area contributed by atoms with Crippen LogP contribution in [0.5, 0.6) is 0 Å². The van der Waals surface area contributed by atoms with Gasteiger partial charge in [-0.05, 0) is 19.4 Å². The maximum absolute atomic E-state index is 12.4. The number of hydrogen-bond donors (Lipinski definition) is 0. The molecule has 1 aromatic heterocycles. The summed E-state index contributed by atoms with van der Waals surface area (Å²) in [5, 5.41) is 0. The van der Waals surface area contributed by atoms with Crippen LogP contribution in [0, 0.1) is 6.92 Å². The minimum atomic E-state index is -0.352. The summed E-state index contributed by atoms with van der Waals surface area (Å²) in [5.74, 6) is 0.910. The Hall–Kier alpha value is -2.81. The number of aryl methyl sites for hydroxylation is 1. The SMILES string of the molecule is CCOC(=O)c1c(C)oc(-c2ccccc2)c1-c1ccccc1. The lowest BCUT2D eigenvalue weighted by molar-refractivity contribution is 0.0525. The Morgan fingerprint density at radius 3 is 2.09 bits per heavy atom. The Balaban J connectivity index is 2.25. The largest absolute Gasteiger partial charge is 0.462 e. The molecule has 0 saturated carbocycles. The van der Waals surface area contributed by atoms with Crippen LogP contribution in [0.2, 0.25) is 0 Å². The van der Waals surface area contributed by atoms with Crippen LogP contribution in [-0.2, 0) is 4.74 Å². The van der Waals surface area contributed by atoms with Gasteiger partial charge < -0.3 is 9.15 Å². The summed E-state index contributed by atoms with van der Waals surface area (Å²) in [5.41, 5.74) is 3.15. The number of benzene rings is 2. The van der Waals surface area contributed by atoms with E-state index in [-0.39, 0.29) is 5.97 Å². The van der Waals surface area contributed by atoms with Gasteiger partial charge in [-0.25, -0.2) is 4.79 Å². The first-order valence-corrected chi connectivity index (χ1v) is 7.63. The van der Waals surface area contributed by atoms with Crippen LogP contribution >= 0.6 is 0 Å². The summed E-state index contributed by atoms with van der Waals surface area (Å²) >= 11 is 0. The summed E-state index contributed by atoms with van der Waals surface area (Å²) in [4.78, 5) is 12.4. The van der Waals surface area contributed by atoms with Gasteiger partial charge in [-0.3, -0.25) is 0 Å². The molecule has 0 fully saturated rings. The topological polar surface area (TPSA) is 39.4 Å². The van der Waals surface area contributed by atoms with E-state index in [9.17, 15) is 4.79 Å². The third kappa shape index (κ3) is 2.90. The summed E-state index contributed by atoms with van der Waals surface area (Å²) in [7, 11) is 0. The van der Waals surface area contributed by atoms with Gasteiger partial charge in [0.15, 0.2) is 0 Å². The zero-order chi connectivity index (χ0) is 16.2. The molecule has 0 unspecified atom stereocenters. The van der Waals surface area contributed by atoms with Crippen LogP contribution < -0.4 is 0 Å². The maximum atomic E-state index is 12.4. The Morgan fingerprint density at radius 1 is 0.957 bits per heavy atom. The standard InChI is InChI=1S/C20H18O3/c1-3-22-20(21)17-14(2)23-19(16-12-8-5-9-13-16)18(17)15-10-6-4-7-11-15/h4-13H,3H2,1-2H3. The molecule has 2 aromatic carbocycles. The van der Waals surface area contributed by atoms with Gasteiger partial charge in [0.05, 0.1) is 6.61 Å². The second kappa shape index (κ2) is 6.53. The van der Waals surface area contributed by atoms with E-state index in [2.05, 4.69) is 0 Å². The van der Waals surface area contributed by atoms with Gasteiger partial charge in [-0.2, -0.15) is 0 Å². The molecule has 0 spiro atoms. The Bertz CT molecular complexity index is 802. The third-order valence-corrected chi connectivity index (χ3v) is 3.66. The van der Waals surface area contributed by atoms with Crippen molar-refractivity contribution < 1.29 is 13.9 Å². The van der Waals surface area contributed by atoms with Crippen molar-refractivity contribution in [1.82, 2.24) is 0 Å². The lowest BCUT2D eigenvalue weighted by Gasteiger charge is -2.06. The van der Waals surface area contributed by atoms with Gasteiger partial charge in [-0.15, -0.1) is 0 Å². The molecular weight excluding hydrogens is 288 g/mol. The molecule has 0 aliphatic carbocycles. The molecular formula is C20H18O3. The first-order chi connectivity index (χ1) is 11.2. The van der Waals surface area contributed by atoms with Crippen molar-refractivity contribution in [1.29, 1.82) is 0 Å². The predicted molar refractivity (Wildman–Crippen MR) is 90.3 cm³/mol. The number of carbonyl (C=O) groups is 1. The van der Waals surface area contributed by atoms with Gasteiger partial charge in [0, 0.05) is 11.1 Å². The molecule has 3 aromatic rings. The first-order valence-electron chi connectivity index (χ1n) is 7.63. The lowest BCUT2D eigenvalue weighted by Crippen LogP contribution is -2.06. The summed E-state index contributed by atoms with van der Waals surface area (Å²) in [6.07, 6.45) is 0. The number of rotatable bonds is 4. The molecule has 0 aliphatic rings.